The predicted octanol–water partition coefficient (Wildman–Crippen LogP) is 0.342. The summed E-state index contributed by atoms with van der Waals surface area (Å²) in [6.07, 6.45) is 0.253. The topological polar surface area (TPSA) is 144 Å². The van der Waals surface area contributed by atoms with Crippen molar-refractivity contribution in [1.29, 1.82) is 0 Å². The molecular formula is C13H18ClN5O3S. The highest BCUT2D eigenvalue weighted by Gasteiger charge is 2.15. The number of aryl methyl sites for hydroxylation is 1. The van der Waals surface area contributed by atoms with Crippen LogP contribution in [0.2, 0.25) is 0 Å². The molecule has 0 saturated carbocycles. The Morgan fingerprint density at radius 1 is 1.30 bits per heavy atom. The smallest absolute Gasteiger partial charge is 0.269 e. The van der Waals surface area contributed by atoms with Gasteiger partial charge in [0.2, 0.25) is 10.0 Å². The molecule has 10 heteroatoms. The molecule has 0 fully saturated rings. The summed E-state index contributed by atoms with van der Waals surface area (Å²) >= 11 is 0. The van der Waals surface area contributed by atoms with Gasteiger partial charge in [-0.2, -0.15) is 0 Å². The summed E-state index contributed by atoms with van der Waals surface area (Å²) in [5.41, 5.74) is 11.6. The van der Waals surface area contributed by atoms with Gasteiger partial charge in [0.1, 0.15) is 11.5 Å². The van der Waals surface area contributed by atoms with Gasteiger partial charge >= 0.3 is 0 Å². The Kier molecular flexibility index (Phi) is 6.13. The first-order chi connectivity index (χ1) is 10.3. The molecule has 1 amide bonds. The number of aromatic nitrogens is 2. The Morgan fingerprint density at radius 3 is 2.43 bits per heavy atom. The molecule has 23 heavy (non-hydrogen) atoms. The number of nitrogens with two attached hydrogens (primary N) is 2. The number of hydrogen-bond donors (Lipinski definition) is 4. The molecule has 6 N–H and O–H groups in total. The molecule has 2 aromatic rings. The zero-order valence-electron chi connectivity index (χ0n) is 12.4. The van der Waals surface area contributed by atoms with E-state index in [2.05, 4.69) is 14.7 Å². The van der Waals surface area contributed by atoms with Crippen molar-refractivity contribution in [3.05, 3.63) is 41.3 Å². The Hall–Kier alpha value is -2.10. The average Bonchev–Trinajstić information content (AvgIpc) is 2.80. The van der Waals surface area contributed by atoms with Crippen LogP contribution in [0.1, 0.15) is 21.9 Å². The number of sulfonamides is 1. The number of carbonyl (C=O) groups is 1. The normalized spacial score (nSPS) is 11.0. The molecule has 1 heterocycles. The van der Waals surface area contributed by atoms with E-state index in [0.717, 1.165) is 5.56 Å². The van der Waals surface area contributed by atoms with Crippen LogP contribution in [0.3, 0.4) is 0 Å². The van der Waals surface area contributed by atoms with Crippen LogP contribution < -0.4 is 16.2 Å². The van der Waals surface area contributed by atoms with Crippen molar-refractivity contribution in [2.24, 2.45) is 5.73 Å². The molecule has 0 atom stereocenters. The average molecular weight is 360 g/mol. The minimum Gasteiger partial charge on any atom is -0.382 e. The van der Waals surface area contributed by atoms with Crippen LogP contribution >= 0.6 is 12.4 Å². The van der Waals surface area contributed by atoms with Gasteiger partial charge in [0.05, 0.1) is 4.90 Å². The van der Waals surface area contributed by atoms with Gasteiger partial charge in [-0.05, 0) is 19.1 Å². The van der Waals surface area contributed by atoms with E-state index >= 15 is 0 Å². The number of H-pyrrole nitrogens is 1. The number of imidazole rings is 1. The van der Waals surface area contributed by atoms with Gasteiger partial charge in [0, 0.05) is 13.0 Å². The lowest BCUT2D eigenvalue weighted by Gasteiger charge is -2.06. The highest BCUT2D eigenvalue weighted by Crippen LogP contribution is 2.10. The SMILES string of the molecule is Cc1ccc(S(=O)(=O)NCCc2nc(N)c(C(N)=O)[nH]2)cc1.Cl. The molecule has 0 aliphatic carbocycles. The van der Waals surface area contributed by atoms with E-state index in [1.54, 1.807) is 12.1 Å². The van der Waals surface area contributed by atoms with Gasteiger partial charge < -0.3 is 16.5 Å². The summed E-state index contributed by atoms with van der Waals surface area (Å²) in [7, 11) is -3.58. The Morgan fingerprint density at radius 2 is 1.91 bits per heavy atom. The minimum absolute atomic E-state index is 0. The zero-order chi connectivity index (χ0) is 16.3. The lowest BCUT2D eigenvalue weighted by Crippen LogP contribution is -2.26. The van der Waals surface area contributed by atoms with E-state index in [1.165, 1.54) is 12.1 Å². The van der Waals surface area contributed by atoms with Crippen molar-refractivity contribution < 1.29 is 13.2 Å². The van der Waals surface area contributed by atoms with Crippen LogP contribution in [-0.2, 0) is 16.4 Å². The van der Waals surface area contributed by atoms with Gasteiger partial charge in [-0.15, -0.1) is 12.4 Å². The van der Waals surface area contributed by atoms with E-state index in [-0.39, 0.29) is 41.8 Å². The summed E-state index contributed by atoms with van der Waals surface area (Å²) in [5.74, 6) is -0.321. The number of nitrogens with one attached hydrogen (secondary N) is 2. The number of primary amides is 1. The van der Waals surface area contributed by atoms with Crippen LogP contribution in [0.25, 0.3) is 0 Å². The van der Waals surface area contributed by atoms with E-state index in [4.69, 9.17) is 11.5 Å². The Balaban J connectivity index is 0.00000264. The van der Waals surface area contributed by atoms with Crippen LogP contribution in [0.15, 0.2) is 29.2 Å². The number of halogens is 1. The molecule has 0 aliphatic heterocycles. The number of nitrogen functional groups attached to an aromatic ring is 1. The molecule has 0 unspecified atom stereocenters. The number of anilines is 1. The summed E-state index contributed by atoms with van der Waals surface area (Å²) in [6.45, 7) is 1.99. The van der Waals surface area contributed by atoms with Gasteiger partial charge in [-0.3, -0.25) is 4.79 Å². The summed E-state index contributed by atoms with van der Waals surface area (Å²) in [5, 5.41) is 0. The number of benzene rings is 1. The summed E-state index contributed by atoms with van der Waals surface area (Å²) in [4.78, 5) is 17.8. The number of hydrogen-bond acceptors (Lipinski definition) is 5. The first kappa shape index (κ1) is 18.9. The third kappa shape index (κ3) is 4.68. The van der Waals surface area contributed by atoms with E-state index in [9.17, 15) is 13.2 Å². The molecule has 1 aromatic heterocycles. The van der Waals surface area contributed by atoms with Crippen molar-refractivity contribution >= 4 is 34.2 Å². The van der Waals surface area contributed by atoms with Gasteiger partial charge in [0.25, 0.3) is 5.91 Å². The predicted molar refractivity (Wildman–Crippen MR) is 88.8 cm³/mol. The Bertz CT molecular complexity index is 786. The molecule has 0 radical (unpaired) electrons. The fourth-order valence-electron chi connectivity index (χ4n) is 1.85. The van der Waals surface area contributed by atoms with E-state index < -0.39 is 15.9 Å². The highest BCUT2D eigenvalue weighted by molar-refractivity contribution is 7.89. The molecular weight excluding hydrogens is 342 g/mol. The second kappa shape index (κ2) is 7.44. The second-order valence-corrected chi connectivity index (χ2v) is 6.54. The Labute approximate surface area is 140 Å². The van der Waals surface area contributed by atoms with E-state index in [0.29, 0.717) is 5.82 Å². The van der Waals surface area contributed by atoms with Crippen molar-refractivity contribution in [1.82, 2.24) is 14.7 Å². The molecule has 0 aliphatic rings. The molecule has 0 spiro atoms. The molecule has 0 saturated heterocycles. The van der Waals surface area contributed by atoms with Gasteiger partial charge in [-0.25, -0.2) is 18.1 Å². The molecule has 0 bridgehead atoms. The molecule has 2 rings (SSSR count). The first-order valence-corrected chi connectivity index (χ1v) is 7.98. The van der Waals surface area contributed by atoms with E-state index in [1.807, 2.05) is 6.92 Å². The summed E-state index contributed by atoms with van der Waals surface area (Å²) < 4.78 is 26.6. The third-order valence-corrected chi connectivity index (χ3v) is 4.49. The van der Waals surface area contributed by atoms with Crippen molar-refractivity contribution in [2.75, 3.05) is 12.3 Å². The minimum atomic E-state index is -3.58. The second-order valence-electron chi connectivity index (χ2n) is 4.77. The van der Waals surface area contributed by atoms with Gasteiger partial charge in [0.15, 0.2) is 5.82 Å². The third-order valence-electron chi connectivity index (χ3n) is 3.01. The standard InChI is InChI=1S/C13H17N5O3S.ClH/c1-8-2-4-9(5-3-8)22(20,21)16-7-6-10-17-11(13(15)19)12(14)18-10;/h2-5,16H,6-7,14H2,1H3,(H2,15,19)(H,17,18);1H. The van der Waals surface area contributed by atoms with Crippen molar-refractivity contribution in [2.45, 2.75) is 18.2 Å². The monoisotopic (exact) mass is 359 g/mol. The highest BCUT2D eigenvalue weighted by atomic mass is 35.5. The largest absolute Gasteiger partial charge is 0.382 e. The fourth-order valence-corrected chi connectivity index (χ4v) is 2.88. The number of aromatic amines is 1. The number of nitrogens with zero attached hydrogens (tertiary/aromatic N) is 1. The molecule has 1 aromatic carbocycles. The van der Waals surface area contributed by atoms with Gasteiger partial charge in [-0.1, -0.05) is 17.7 Å². The maximum Gasteiger partial charge on any atom is 0.269 e. The lowest BCUT2D eigenvalue weighted by atomic mass is 10.2. The van der Waals surface area contributed by atoms with Crippen LogP contribution in [-0.4, -0.2) is 30.8 Å². The quantitative estimate of drug-likeness (QED) is 0.587. The number of amides is 1. The molecule has 8 nitrogen and oxygen atoms in total. The van der Waals surface area contributed by atoms with Crippen LogP contribution in [0.5, 0.6) is 0 Å². The maximum absolute atomic E-state index is 12.1. The van der Waals surface area contributed by atoms with Crippen LogP contribution in [0, 0.1) is 6.92 Å². The summed E-state index contributed by atoms with van der Waals surface area (Å²) in [6, 6.07) is 6.52. The first-order valence-electron chi connectivity index (χ1n) is 6.50. The maximum atomic E-state index is 12.1. The number of rotatable bonds is 6. The lowest BCUT2D eigenvalue weighted by molar-refractivity contribution is 0.0997. The molecule has 126 valence electrons. The number of carbonyl (C=O) groups excluding carboxylic acids is 1. The van der Waals surface area contributed by atoms with Crippen molar-refractivity contribution in [3.8, 4) is 0 Å². The fraction of sp³-hybridized carbons (Fsp3) is 0.231. The zero-order valence-corrected chi connectivity index (χ0v) is 14.0. The van der Waals surface area contributed by atoms with Crippen LogP contribution in [0.4, 0.5) is 5.82 Å². The van der Waals surface area contributed by atoms with Crippen molar-refractivity contribution in [3.63, 3.8) is 0 Å².